The molecular formula is C17H26N2O2. The first-order valence-corrected chi connectivity index (χ1v) is 7.48. The Balaban J connectivity index is 0.00000141. The number of nitrogens with one attached hydrogen (secondary N) is 1. The maximum atomic E-state index is 11.6. The van der Waals surface area contributed by atoms with Crippen LogP contribution in [-0.2, 0) is 4.74 Å². The van der Waals surface area contributed by atoms with Gasteiger partial charge in [0.2, 0.25) is 0 Å². The van der Waals surface area contributed by atoms with Gasteiger partial charge < -0.3 is 4.74 Å². The quantitative estimate of drug-likeness (QED) is 0.852. The Morgan fingerprint density at radius 2 is 2.00 bits per heavy atom. The normalized spacial score (nSPS) is 11.2. The molecule has 1 aromatic heterocycles. The molecule has 1 aromatic carbocycles. The molecule has 0 unspecified atom stereocenters. The number of ether oxygens (including phenoxy) is 1. The smallest absolute Gasteiger partial charge is 0.412 e. The number of carbonyl (C=O) groups is 1. The SMILES string of the molecule is CC.CC[C@H](C)COC(=O)Nc1ccc2ccccc2n1.[HH]. The molecule has 0 bridgehead atoms. The fourth-order valence-electron chi connectivity index (χ4n) is 1.61. The number of hydrogen-bond acceptors (Lipinski definition) is 3. The Morgan fingerprint density at radius 1 is 1.29 bits per heavy atom. The van der Waals surface area contributed by atoms with Gasteiger partial charge in [0.25, 0.3) is 0 Å². The molecule has 0 aliphatic heterocycles. The van der Waals surface area contributed by atoms with E-state index in [1.807, 2.05) is 51.1 Å². The van der Waals surface area contributed by atoms with Crippen LogP contribution in [0.5, 0.6) is 0 Å². The largest absolute Gasteiger partial charge is 0.449 e. The molecule has 0 spiro atoms. The van der Waals surface area contributed by atoms with Gasteiger partial charge in [-0.25, -0.2) is 9.78 Å². The Kier molecular flexibility index (Phi) is 7.23. The van der Waals surface area contributed by atoms with E-state index in [0.29, 0.717) is 18.3 Å². The Morgan fingerprint density at radius 3 is 2.71 bits per heavy atom. The molecule has 0 aliphatic rings. The lowest BCUT2D eigenvalue weighted by Gasteiger charge is -2.10. The predicted molar refractivity (Wildman–Crippen MR) is 89.6 cm³/mol. The van der Waals surface area contributed by atoms with Crippen LogP contribution in [0.3, 0.4) is 0 Å². The highest BCUT2D eigenvalue weighted by Crippen LogP contribution is 2.14. The van der Waals surface area contributed by atoms with Crippen LogP contribution in [0.1, 0.15) is 35.5 Å². The molecule has 0 radical (unpaired) electrons. The topological polar surface area (TPSA) is 51.2 Å². The predicted octanol–water partition coefficient (Wildman–Crippen LogP) is 5.10. The van der Waals surface area contributed by atoms with Gasteiger partial charge in [-0.2, -0.15) is 0 Å². The Labute approximate surface area is 128 Å². The lowest BCUT2D eigenvalue weighted by atomic mass is 10.1. The zero-order valence-corrected chi connectivity index (χ0v) is 13.2. The number of pyridine rings is 1. The van der Waals surface area contributed by atoms with Crippen LogP contribution < -0.4 is 5.32 Å². The fourth-order valence-corrected chi connectivity index (χ4v) is 1.61. The number of para-hydroxylation sites is 1. The Bertz CT molecular complexity index is 575. The molecule has 116 valence electrons. The van der Waals surface area contributed by atoms with Crippen LogP contribution in [0.15, 0.2) is 36.4 Å². The first kappa shape index (κ1) is 17.0. The number of aromatic nitrogens is 1. The van der Waals surface area contributed by atoms with Gasteiger partial charge in [-0.05, 0) is 24.1 Å². The number of anilines is 1. The van der Waals surface area contributed by atoms with Crippen LogP contribution in [0.4, 0.5) is 10.6 Å². The van der Waals surface area contributed by atoms with E-state index in [1.165, 1.54) is 0 Å². The zero-order chi connectivity index (χ0) is 15.7. The van der Waals surface area contributed by atoms with Crippen molar-refractivity contribution < 1.29 is 11.0 Å². The number of benzene rings is 1. The minimum Gasteiger partial charge on any atom is -0.449 e. The van der Waals surface area contributed by atoms with E-state index in [9.17, 15) is 4.79 Å². The Hall–Kier alpha value is -2.10. The van der Waals surface area contributed by atoms with E-state index in [2.05, 4.69) is 17.2 Å². The molecule has 0 aliphatic carbocycles. The minimum atomic E-state index is -0.455. The van der Waals surface area contributed by atoms with Crippen LogP contribution in [0, 0.1) is 5.92 Å². The summed E-state index contributed by atoms with van der Waals surface area (Å²) in [6, 6.07) is 11.5. The van der Waals surface area contributed by atoms with E-state index < -0.39 is 6.09 Å². The second kappa shape index (κ2) is 8.95. The van der Waals surface area contributed by atoms with Gasteiger partial charge in [0.1, 0.15) is 5.82 Å². The van der Waals surface area contributed by atoms with Gasteiger partial charge in [0.15, 0.2) is 0 Å². The second-order valence-corrected chi connectivity index (χ2v) is 4.63. The van der Waals surface area contributed by atoms with Gasteiger partial charge in [-0.3, -0.25) is 5.32 Å². The number of carbonyl (C=O) groups excluding carboxylic acids is 1. The van der Waals surface area contributed by atoms with Crippen LogP contribution >= 0.6 is 0 Å². The molecule has 4 heteroatoms. The van der Waals surface area contributed by atoms with Crippen molar-refractivity contribution in [1.29, 1.82) is 0 Å². The fraction of sp³-hybridized carbons (Fsp3) is 0.412. The number of hydrogen-bond donors (Lipinski definition) is 1. The molecule has 1 atom stereocenters. The van der Waals surface area contributed by atoms with Crippen molar-refractivity contribution in [3.63, 3.8) is 0 Å². The van der Waals surface area contributed by atoms with E-state index in [0.717, 1.165) is 17.3 Å². The summed E-state index contributed by atoms with van der Waals surface area (Å²) in [5, 5.41) is 3.68. The molecule has 0 fully saturated rings. The standard InChI is InChI=1S/C15H18N2O2.C2H6.H2/c1-3-11(2)10-19-15(18)17-14-9-8-12-6-4-5-7-13(12)16-14;1-2;/h4-9,11H,3,10H2,1-2H3,(H,16,17,18);1-2H3;1H/t11-;;/m0../s1. The molecule has 1 N–H and O–H groups in total. The first-order chi connectivity index (χ1) is 10.2. The lowest BCUT2D eigenvalue weighted by molar-refractivity contribution is 0.143. The molecule has 0 saturated carbocycles. The van der Waals surface area contributed by atoms with Crippen molar-refractivity contribution in [2.24, 2.45) is 5.92 Å². The summed E-state index contributed by atoms with van der Waals surface area (Å²) in [7, 11) is 0. The summed E-state index contributed by atoms with van der Waals surface area (Å²) in [5.41, 5.74) is 0.849. The van der Waals surface area contributed by atoms with E-state index in [-0.39, 0.29) is 1.43 Å². The van der Waals surface area contributed by atoms with Crippen molar-refractivity contribution in [3.05, 3.63) is 36.4 Å². The van der Waals surface area contributed by atoms with Crippen molar-refractivity contribution in [3.8, 4) is 0 Å². The molecule has 1 heterocycles. The van der Waals surface area contributed by atoms with Crippen molar-refractivity contribution in [2.45, 2.75) is 34.1 Å². The summed E-state index contributed by atoms with van der Waals surface area (Å²) in [4.78, 5) is 15.9. The summed E-state index contributed by atoms with van der Waals surface area (Å²) in [6.07, 6.45) is 0.532. The first-order valence-electron chi connectivity index (χ1n) is 7.48. The van der Waals surface area contributed by atoms with E-state index in [4.69, 9.17) is 4.74 Å². The minimum absolute atomic E-state index is 0. The van der Waals surface area contributed by atoms with E-state index in [1.54, 1.807) is 6.07 Å². The van der Waals surface area contributed by atoms with Gasteiger partial charge in [-0.1, -0.05) is 52.3 Å². The monoisotopic (exact) mass is 290 g/mol. The second-order valence-electron chi connectivity index (χ2n) is 4.63. The molecule has 2 rings (SSSR count). The third kappa shape index (κ3) is 5.42. The lowest BCUT2D eigenvalue weighted by Crippen LogP contribution is -2.17. The summed E-state index contributed by atoms with van der Waals surface area (Å²) in [6.45, 7) is 8.54. The zero-order valence-electron chi connectivity index (χ0n) is 13.2. The maximum absolute atomic E-state index is 11.6. The summed E-state index contributed by atoms with van der Waals surface area (Å²) in [5.74, 6) is 0.878. The van der Waals surface area contributed by atoms with Crippen molar-refractivity contribution in [1.82, 2.24) is 4.98 Å². The highest BCUT2D eigenvalue weighted by atomic mass is 16.5. The molecule has 4 nitrogen and oxygen atoms in total. The van der Waals surface area contributed by atoms with Crippen molar-refractivity contribution >= 4 is 22.8 Å². The number of rotatable bonds is 4. The molecule has 21 heavy (non-hydrogen) atoms. The average molecular weight is 290 g/mol. The molecule has 0 saturated heterocycles. The van der Waals surface area contributed by atoms with Crippen LogP contribution in [0.2, 0.25) is 0 Å². The summed E-state index contributed by atoms with van der Waals surface area (Å²) >= 11 is 0. The third-order valence-electron chi connectivity index (χ3n) is 3.02. The van der Waals surface area contributed by atoms with Gasteiger partial charge in [-0.15, -0.1) is 0 Å². The third-order valence-corrected chi connectivity index (χ3v) is 3.02. The highest BCUT2D eigenvalue weighted by molar-refractivity contribution is 5.86. The van der Waals surface area contributed by atoms with Gasteiger partial charge >= 0.3 is 6.09 Å². The highest BCUT2D eigenvalue weighted by Gasteiger charge is 2.07. The molecule has 2 aromatic rings. The molecule has 1 amide bonds. The van der Waals surface area contributed by atoms with Gasteiger partial charge in [0.05, 0.1) is 12.1 Å². The summed E-state index contributed by atoms with van der Waals surface area (Å²) < 4.78 is 5.12. The van der Waals surface area contributed by atoms with E-state index >= 15 is 0 Å². The number of fused-ring (bicyclic) bond motifs is 1. The number of amides is 1. The van der Waals surface area contributed by atoms with Crippen LogP contribution in [0.25, 0.3) is 10.9 Å². The average Bonchev–Trinajstić information content (AvgIpc) is 2.54. The van der Waals surface area contributed by atoms with Crippen LogP contribution in [-0.4, -0.2) is 17.7 Å². The van der Waals surface area contributed by atoms with Gasteiger partial charge in [0, 0.05) is 6.81 Å². The number of nitrogens with zero attached hydrogens (tertiary/aromatic N) is 1. The molecular weight excluding hydrogens is 264 g/mol. The van der Waals surface area contributed by atoms with Crippen molar-refractivity contribution in [2.75, 3.05) is 11.9 Å². The maximum Gasteiger partial charge on any atom is 0.412 e.